The molecule has 6 heteroatoms. The van der Waals surface area contributed by atoms with Gasteiger partial charge in [-0.15, -0.1) is 0 Å². The number of piperidine rings is 1. The molecular weight excluding hydrogens is 302 g/mol. The lowest BCUT2D eigenvalue weighted by Crippen LogP contribution is -2.44. The van der Waals surface area contributed by atoms with Gasteiger partial charge in [-0.25, -0.2) is 9.97 Å². The van der Waals surface area contributed by atoms with E-state index in [1.54, 1.807) is 12.4 Å². The van der Waals surface area contributed by atoms with Crippen LogP contribution >= 0.6 is 0 Å². The van der Waals surface area contributed by atoms with E-state index in [1.165, 1.54) is 0 Å². The molecule has 0 amide bonds. The average Bonchev–Trinajstić information content (AvgIpc) is 2.97. The Morgan fingerprint density at radius 3 is 2.88 bits per heavy atom. The van der Waals surface area contributed by atoms with Crippen molar-refractivity contribution in [3.63, 3.8) is 0 Å². The predicted octanol–water partition coefficient (Wildman–Crippen LogP) is 2.85. The number of aromatic nitrogens is 3. The molecular formula is C18H19N5O. The van der Waals surface area contributed by atoms with Crippen LogP contribution in [0.4, 0.5) is 0 Å². The highest BCUT2D eigenvalue weighted by molar-refractivity contribution is 6.09. The summed E-state index contributed by atoms with van der Waals surface area (Å²) in [5, 5.41) is 11.4. The van der Waals surface area contributed by atoms with Gasteiger partial charge in [-0.05, 0) is 38.9 Å². The predicted molar refractivity (Wildman–Crippen MR) is 91.9 cm³/mol. The SMILES string of the molecule is CN1CCC(C)(Oc2c(C#N)ncc3[nH]c4ncccc4c23)CC1. The third kappa shape index (κ3) is 2.38. The first-order valence-corrected chi connectivity index (χ1v) is 8.13. The maximum Gasteiger partial charge on any atom is 0.183 e. The molecule has 1 saturated heterocycles. The van der Waals surface area contributed by atoms with Gasteiger partial charge in [0.2, 0.25) is 0 Å². The third-order valence-electron chi connectivity index (χ3n) is 4.86. The number of pyridine rings is 2. The summed E-state index contributed by atoms with van der Waals surface area (Å²) < 4.78 is 6.43. The standard InChI is InChI=1S/C18H19N5O/c1-18(5-8-23(2)9-6-18)24-16-13(10-19)21-11-14-15(16)12-4-3-7-20-17(12)22-14/h3-4,7,11H,5-6,8-9H2,1-2H3,(H,20,22). The van der Waals surface area contributed by atoms with Crippen molar-refractivity contribution in [2.24, 2.45) is 0 Å². The van der Waals surface area contributed by atoms with Crippen LogP contribution in [0.5, 0.6) is 5.75 Å². The first-order chi connectivity index (χ1) is 11.6. The van der Waals surface area contributed by atoms with Crippen LogP contribution in [-0.4, -0.2) is 45.6 Å². The van der Waals surface area contributed by atoms with Crippen LogP contribution in [0.25, 0.3) is 21.9 Å². The molecule has 3 aromatic rings. The van der Waals surface area contributed by atoms with Gasteiger partial charge in [0.25, 0.3) is 0 Å². The van der Waals surface area contributed by atoms with Gasteiger partial charge in [-0.1, -0.05) is 0 Å². The second kappa shape index (κ2) is 5.46. The molecule has 3 aromatic heterocycles. The Morgan fingerprint density at radius 1 is 1.33 bits per heavy atom. The molecule has 0 aliphatic carbocycles. The molecule has 1 aliphatic rings. The summed E-state index contributed by atoms with van der Waals surface area (Å²) in [5.41, 5.74) is 1.66. The van der Waals surface area contributed by atoms with Crippen molar-refractivity contribution in [1.82, 2.24) is 19.9 Å². The molecule has 122 valence electrons. The lowest BCUT2D eigenvalue weighted by atomic mass is 9.93. The van der Waals surface area contributed by atoms with Crippen molar-refractivity contribution < 1.29 is 4.74 Å². The summed E-state index contributed by atoms with van der Waals surface area (Å²) in [7, 11) is 2.12. The van der Waals surface area contributed by atoms with Crippen LogP contribution in [0.3, 0.4) is 0 Å². The Labute approximate surface area is 140 Å². The highest BCUT2D eigenvalue weighted by atomic mass is 16.5. The van der Waals surface area contributed by atoms with Gasteiger partial charge in [-0.3, -0.25) is 0 Å². The van der Waals surface area contributed by atoms with E-state index in [9.17, 15) is 5.26 Å². The number of hydrogen-bond donors (Lipinski definition) is 1. The van der Waals surface area contributed by atoms with E-state index in [4.69, 9.17) is 4.74 Å². The molecule has 24 heavy (non-hydrogen) atoms. The van der Waals surface area contributed by atoms with Gasteiger partial charge in [0.15, 0.2) is 11.4 Å². The number of rotatable bonds is 2. The lowest BCUT2D eigenvalue weighted by Gasteiger charge is -2.38. The van der Waals surface area contributed by atoms with E-state index in [-0.39, 0.29) is 5.60 Å². The van der Waals surface area contributed by atoms with E-state index < -0.39 is 0 Å². The van der Waals surface area contributed by atoms with E-state index in [2.05, 4.69) is 39.9 Å². The molecule has 1 aliphatic heterocycles. The highest BCUT2D eigenvalue weighted by Gasteiger charge is 2.33. The van der Waals surface area contributed by atoms with Crippen LogP contribution in [0, 0.1) is 11.3 Å². The molecule has 0 saturated carbocycles. The summed E-state index contributed by atoms with van der Waals surface area (Å²) in [6, 6.07) is 6.06. The Hall–Kier alpha value is -2.65. The largest absolute Gasteiger partial charge is 0.484 e. The van der Waals surface area contributed by atoms with Crippen molar-refractivity contribution in [1.29, 1.82) is 5.26 Å². The van der Waals surface area contributed by atoms with Gasteiger partial charge >= 0.3 is 0 Å². The van der Waals surface area contributed by atoms with E-state index in [1.807, 2.05) is 12.1 Å². The first-order valence-electron chi connectivity index (χ1n) is 8.13. The monoisotopic (exact) mass is 321 g/mol. The Balaban J connectivity index is 1.88. The maximum atomic E-state index is 9.52. The third-order valence-corrected chi connectivity index (χ3v) is 4.86. The van der Waals surface area contributed by atoms with Crippen molar-refractivity contribution in [2.75, 3.05) is 20.1 Å². The minimum Gasteiger partial charge on any atom is -0.484 e. The molecule has 0 bridgehead atoms. The number of H-pyrrole nitrogens is 1. The molecule has 0 aromatic carbocycles. The summed E-state index contributed by atoms with van der Waals surface area (Å²) in [5.74, 6) is 0.571. The maximum absolute atomic E-state index is 9.52. The number of ether oxygens (including phenoxy) is 1. The molecule has 0 radical (unpaired) electrons. The first kappa shape index (κ1) is 14.9. The minimum absolute atomic E-state index is 0.292. The van der Waals surface area contributed by atoms with Crippen LogP contribution in [0.1, 0.15) is 25.5 Å². The summed E-state index contributed by atoms with van der Waals surface area (Å²) >= 11 is 0. The summed E-state index contributed by atoms with van der Waals surface area (Å²) in [6.45, 7) is 4.08. The summed E-state index contributed by atoms with van der Waals surface area (Å²) in [6.07, 6.45) is 5.27. The molecule has 6 nitrogen and oxygen atoms in total. The average molecular weight is 321 g/mol. The van der Waals surface area contributed by atoms with Gasteiger partial charge < -0.3 is 14.6 Å². The van der Waals surface area contributed by atoms with E-state index in [0.29, 0.717) is 11.4 Å². The Morgan fingerprint density at radius 2 is 2.12 bits per heavy atom. The Bertz CT molecular complexity index is 947. The number of nitrogens with one attached hydrogen (secondary N) is 1. The second-order valence-electron chi connectivity index (χ2n) is 6.72. The number of nitriles is 1. The molecule has 0 unspecified atom stereocenters. The van der Waals surface area contributed by atoms with Crippen molar-refractivity contribution in [2.45, 2.75) is 25.4 Å². The number of hydrogen-bond acceptors (Lipinski definition) is 5. The van der Waals surface area contributed by atoms with Crippen LogP contribution < -0.4 is 4.74 Å². The van der Waals surface area contributed by atoms with Gasteiger partial charge in [0.05, 0.1) is 17.1 Å². The van der Waals surface area contributed by atoms with Crippen molar-refractivity contribution >= 4 is 21.9 Å². The number of nitrogens with zero attached hydrogens (tertiary/aromatic N) is 4. The fourth-order valence-corrected chi connectivity index (χ4v) is 3.31. The van der Waals surface area contributed by atoms with Gasteiger partial charge in [-0.2, -0.15) is 5.26 Å². The smallest absolute Gasteiger partial charge is 0.183 e. The zero-order valence-corrected chi connectivity index (χ0v) is 13.8. The van der Waals surface area contributed by atoms with E-state index >= 15 is 0 Å². The fraction of sp³-hybridized carbons (Fsp3) is 0.389. The fourth-order valence-electron chi connectivity index (χ4n) is 3.31. The topological polar surface area (TPSA) is 77.8 Å². The molecule has 4 rings (SSSR count). The highest BCUT2D eigenvalue weighted by Crippen LogP contribution is 2.38. The molecule has 4 heterocycles. The second-order valence-corrected chi connectivity index (χ2v) is 6.72. The van der Waals surface area contributed by atoms with Gasteiger partial charge in [0.1, 0.15) is 17.3 Å². The quantitative estimate of drug-likeness (QED) is 0.785. The van der Waals surface area contributed by atoms with Crippen molar-refractivity contribution in [3.05, 3.63) is 30.2 Å². The summed E-state index contributed by atoms with van der Waals surface area (Å²) in [4.78, 5) is 14.2. The zero-order chi connectivity index (χ0) is 16.7. The van der Waals surface area contributed by atoms with Gasteiger partial charge in [0, 0.05) is 24.7 Å². The minimum atomic E-state index is -0.292. The van der Waals surface area contributed by atoms with Crippen LogP contribution in [-0.2, 0) is 0 Å². The normalized spacial score (nSPS) is 17.9. The lowest BCUT2D eigenvalue weighted by molar-refractivity contribution is 0.0249. The molecule has 0 spiro atoms. The number of fused-ring (bicyclic) bond motifs is 3. The Kier molecular flexibility index (Phi) is 3.39. The number of aromatic amines is 1. The molecule has 1 N–H and O–H groups in total. The number of likely N-dealkylation sites (tertiary alicyclic amines) is 1. The molecule has 0 atom stereocenters. The van der Waals surface area contributed by atoms with Crippen LogP contribution in [0.2, 0.25) is 0 Å². The zero-order valence-electron chi connectivity index (χ0n) is 13.8. The molecule has 1 fully saturated rings. The van der Waals surface area contributed by atoms with E-state index in [0.717, 1.165) is 47.9 Å². The van der Waals surface area contributed by atoms with Crippen LogP contribution in [0.15, 0.2) is 24.5 Å². The van der Waals surface area contributed by atoms with Crippen molar-refractivity contribution in [3.8, 4) is 11.8 Å².